The first-order valence-corrected chi connectivity index (χ1v) is 22.8. The topological polar surface area (TPSA) is 17.4 Å². The van der Waals surface area contributed by atoms with Crippen molar-refractivity contribution in [2.24, 2.45) is 0 Å². The van der Waals surface area contributed by atoms with E-state index in [1.807, 2.05) is 0 Å². The summed E-state index contributed by atoms with van der Waals surface area (Å²) in [5.74, 6) is 1.87. The first-order chi connectivity index (χ1) is 32.0. The number of aromatic nitrogens is 1. The van der Waals surface area contributed by atoms with Gasteiger partial charge in [0.1, 0.15) is 0 Å². The second-order valence-corrected chi connectivity index (χ2v) is 18.8. The summed E-state index contributed by atoms with van der Waals surface area (Å²) in [6, 6.07) is 76.8. The van der Waals surface area contributed by atoms with Gasteiger partial charge in [0, 0.05) is 44.2 Å². The van der Waals surface area contributed by atoms with E-state index in [0.717, 1.165) is 45.2 Å². The van der Waals surface area contributed by atoms with E-state index >= 15 is 0 Å². The Labute approximate surface area is 377 Å². The van der Waals surface area contributed by atoms with Crippen molar-refractivity contribution < 1.29 is 4.74 Å². The molecule has 0 bridgehead atoms. The summed E-state index contributed by atoms with van der Waals surface area (Å²) >= 11 is 0. The van der Waals surface area contributed by atoms with Crippen molar-refractivity contribution >= 4 is 49.6 Å². The average molecular weight is 829 g/mol. The summed E-state index contributed by atoms with van der Waals surface area (Å²) in [4.78, 5) is 2.46. The van der Waals surface area contributed by atoms with Gasteiger partial charge in [-0.2, -0.15) is 0 Å². The Morgan fingerprint density at radius 1 is 0.400 bits per heavy atom. The van der Waals surface area contributed by atoms with E-state index in [1.165, 1.54) is 88.4 Å². The molecule has 0 amide bonds. The highest BCUT2D eigenvalue weighted by Crippen LogP contribution is 2.64. The summed E-state index contributed by atoms with van der Waals surface area (Å²) < 4.78 is 9.80. The van der Waals surface area contributed by atoms with Crippen LogP contribution in [0, 0.1) is 0 Å². The highest BCUT2D eigenvalue weighted by Gasteiger charge is 2.52. The van der Waals surface area contributed by atoms with Gasteiger partial charge in [0.05, 0.1) is 22.1 Å². The maximum absolute atomic E-state index is 7.35. The zero-order chi connectivity index (χ0) is 42.8. The van der Waals surface area contributed by atoms with E-state index in [-0.39, 0.29) is 5.41 Å². The molecule has 10 aromatic carbocycles. The van der Waals surface area contributed by atoms with Gasteiger partial charge in [-0.25, -0.2) is 0 Å². The van der Waals surface area contributed by atoms with Crippen LogP contribution in [-0.2, 0) is 10.8 Å². The fraction of sp³-hybridized carbons (Fsp3) is 0.0645. The first-order valence-electron chi connectivity index (χ1n) is 22.8. The SMILES string of the molecule is CC1(C)c2ccc(N(c3ccccc3)c3ccc4c(c3)C3(c5ccccc5-c5ccccc53)c3ccccc3-4)cc2-c2cc3c4ccccc4n4c3c(c21)Oc1c-4ccc2ccccc12. The molecule has 1 aliphatic heterocycles. The Hall–Kier alpha value is -8.14. The molecule has 3 nitrogen and oxygen atoms in total. The minimum Gasteiger partial charge on any atom is -0.452 e. The standard InChI is InChI=1S/C62H40N2O/c1-61(2)50-32-30-39(34-47(50)48-36-49-46-23-11-15-27-55(46)64-56-33-28-37-16-6-7-19-41(37)59(56)65-60(57(48)61)58(49)64)63(38-17-4-3-5-18-38)40-29-31-45-44-22-10-14-26-53(44)62(54(45)35-40)51-24-12-8-20-42(51)43-21-9-13-25-52(43)62/h3-36H,1-2H3. The molecule has 1 spiro atoms. The minimum absolute atomic E-state index is 0.331. The molecule has 65 heavy (non-hydrogen) atoms. The Kier molecular flexibility index (Phi) is 6.69. The van der Waals surface area contributed by atoms with E-state index in [2.05, 4.69) is 230 Å². The Morgan fingerprint density at radius 2 is 1.00 bits per heavy atom. The van der Waals surface area contributed by atoms with Gasteiger partial charge in [0.2, 0.25) is 0 Å². The zero-order valence-electron chi connectivity index (χ0n) is 35.9. The molecule has 0 atom stereocenters. The molecule has 0 fully saturated rings. The highest BCUT2D eigenvalue weighted by molar-refractivity contribution is 6.16. The summed E-state index contributed by atoms with van der Waals surface area (Å²) in [5.41, 5.74) is 21.6. The lowest BCUT2D eigenvalue weighted by atomic mass is 9.70. The molecule has 0 unspecified atom stereocenters. The van der Waals surface area contributed by atoms with Gasteiger partial charge in [0.25, 0.3) is 0 Å². The maximum atomic E-state index is 7.35. The summed E-state index contributed by atoms with van der Waals surface area (Å²) in [5, 5.41) is 4.73. The van der Waals surface area contributed by atoms with Crippen molar-refractivity contribution in [2.75, 3.05) is 4.90 Å². The van der Waals surface area contributed by atoms with E-state index in [4.69, 9.17) is 4.74 Å². The van der Waals surface area contributed by atoms with Crippen LogP contribution in [-0.4, -0.2) is 4.57 Å². The van der Waals surface area contributed by atoms with Crippen molar-refractivity contribution in [2.45, 2.75) is 24.7 Å². The molecule has 3 heteroatoms. The number of hydrogen-bond donors (Lipinski definition) is 0. The highest BCUT2D eigenvalue weighted by atomic mass is 16.5. The number of benzene rings is 10. The van der Waals surface area contributed by atoms with Crippen LogP contribution in [0.2, 0.25) is 0 Å². The van der Waals surface area contributed by atoms with Crippen LogP contribution >= 0.6 is 0 Å². The minimum atomic E-state index is -0.436. The lowest BCUT2D eigenvalue weighted by Gasteiger charge is -2.32. The van der Waals surface area contributed by atoms with Gasteiger partial charge in [-0.3, -0.25) is 0 Å². The molecule has 15 rings (SSSR count). The molecule has 3 aliphatic carbocycles. The zero-order valence-corrected chi connectivity index (χ0v) is 35.9. The number of para-hydroxylation sites is 2. The Balaban J connectivity index is 0.969. The molecule has 0 saturated carbocycles. The molecule has 0 saturated heterocycles. The normalized spacial score (nSPS) is 14.7. The molecule has 11 aromatic rings. The summed E-state index contributed by atoms with van der Waals surface area (Å²) in [6.07, 6.45) is 0. The quantitative estimate of drug-likeness (QED) is 0.176. The van der Waals surface area contributed by atoms with Gasteiger partial charge in [0.15, 0.2) is 11.5 Å². The van der Waals surface area contributed by atoms with E-state index < -0.39 is 5.41 Å². The van der Waals surface area contributed by atoms with E-state index in [9.17, 15) is 0 Å². The summed E-state index contributed by atoms with van der Waals surface area (Å²) in [7, 11) is 0. The third-order valence-electron chi connectivity index (χ3n) is 15.3. The van der Waals surface area contributed by atoms with Crippen LogP contribution in [0.5, 0.6) is 11.5 Å². The summed E-state index contributed by atoms with van der Waals surface area (Å²) in [6.45, 7) is 4.75. The predicted octanol–water partition coefficient (Wildman–Crippen LogP) is 16.2. The maximum Gasteiger partial charge on any atom is 0.159 e. The number of rotatable bonds is 3. The lowest BCUT2D eigenvalue weighted by molar-refractivity contribution is 0.464. The van der Waals surface area contributed by atoms with Gasteiger partial charge in [-0.05, 0) is 121 Å². The van der Waals surface area contributed by atoms with Gasteiger partial charge in [-0.1, -0.05) is 166 Å². The van der Waals surface area contributed by atoms with Crippen molar-refractivity contribution in [3.05, 3.63) is 240 Å². The number of nitrogens with zero attached hydrogens (tertiary/aromatic N) is 2. The van der Waals surface area contributed by atoms with Gasteiger partial charge >= 0.3 is 0 Å². The number of fused-ring (bicyclic) bond motifs is 21. The molecular formula is C62H40N2O. The van der Waals surface area contributed by atoms with Gasteiger partial charge < -0.3 is 14.2 Å². The van der Waals surface area contributed by atoms with Crippen LogP contribution in [0.4, 0.5) is 17.1 Å². The van der Waals surface area contributed by atoms with E-state index in [1.54, 1.807) is 0 Å². The molecule has 4 aliphatic rings. The van der Waals surface area contributed by atoms with Crippen molar-refractivity contribution in [1.29, 1.82) is 0 Å². The Morgan fingerprint density at radius 3 is 1.74 bits per heavy atom. The number of hydrogen-bond acceptors (Lipinski definition) is 2. The first kappa shape index (κ1) is 35.3. The average Bonchev–Trinajstić information content (AvgIpc) is 4.03. The third-order valence-corrected chi connectivity index (χ3v) is 15.3. The smallest absolute Gasteiger partial charge is 0.159 e. The number of ether oxygens (including phenoxy) is 1. The molecule has 304 valence electrons. The van der Waals surface area contributed by atoms with Crippen LogP contribution in [0.3, 0.4) is 0 Å². The van der Waals surface area contributed by atoms with Crippen molar-refractivity contribution in [3.8, 4) is 50.6 Å². The Bertz CT molecular complexity index is 3850. The molecular weight excluding hydrogens is 789 g/mol. The second kappa shape index (κ2) is 12.3. The van der Waals surface area contributed by atoms with Crippen LogP contribution < -0.4 is 9.64 Å². The molecule has 1 aromatic heterocycles. The molecule has 2 heterocycles. The van der Waals surface area contributed by atoms with Gasteiger partial charge in [-0.15, -0.1) is 0 Å². The second-order valence-electron chi connectivity index (χ2n) is 18.8. The molecule has 0 N–H and O–H groups in total. The molecule has 0 radical (unpaired) electrons. The van der Waals surface area contributed by atoms with Crippen LogP contribution in [0.15, 0.2) is 206 Å². The van der Waals surface area contributed by atoms with Crippen LogP contribution in [0.25, 0.3) is 71.6 Å². The van der Waals surface area contributed by atoms with Crippen LogP contribution in [0.1, 0.15) is 47.2 Å². The fourth-order valence-corrected chi connectivity index (χ4v) is 12.7. The lowest BCUT2D eigenvalue weighted by Crippen LogP contribution is -2.26. The third kappa shape index (κ3) is 4.31. The van der Waals surface area contributed by atoms with E-state index in [0.29, 0.717) is 0 Å². The van der Waals surface area contributed by atoms with Crippen molar-refractivity contribution in [1.82, 2.24) is 4.57 Å². The van der Waals surface area contributed by atoms with Crippen molar-refractivity contribution in [3.63, 3.8) is 0 Å². The monoisotopic (exact) mass is 828 g/mol. The predicted molar refractivity (Wildman–Crippen MR) is 267 cm³/mol. The number of anilines is 3. The largest absolute Gasteiger partial charge is 0.452 e. The fourth-order valence-electron chi connectivity index (χ4n) is 12.7.